The van der Waals surface area contributed by atoms with E-state index < -0.39 is 10.0 Å². The second-order valence-electron chi connectivity index (χ2n) is 4.77. The third-order valence-corrected chi connectivity index (χ3v) is 4.93. The van der Waals surface area contributed by atoms with Crippen molar-refractivity contribution in [1.29, 1.82) is 0 Å². The molecule has 2 aromatic heterocycles. The monoisotopic (exact) mass is 297 g/mol. The maximum atomic E-state index is 12.5. The third-order valence-electron chi connectivity index (χ3n) is 3.16. The number of nitrogens with two attached hydrogens (primary N) is 1. The predicted molar refractivity (Wildman–Crippen MR) is 75.2 cm³/mol. The Morgan fingerprint density at radius 2 is 2.05 bits per heavy atom. The highest BCUT2D eigenvalue weighted by Gasteiger charge is 2.23. The molecule has 7 nitrogen and oxygen atoms in total. The first-order chi connectivity index (χ1) is 9.34. The largest absolute Gasteiger partial charge is 0.352 e. The standard InChI is InChI=1S/C12H19N5O2S/c1-15-9-12(4-11(15)5-13)20(18,19)17(3)8-10-6-14-16(2)7-10/h4,6-7,9H,5,8,13H2,1-3H3. The van der Waals surface area contributed by atoms with Gasteiger partial charge in [-0.3, -0.25) is 4.68 Å². The first-order valence-electron chi connectivity index (χ1n) is 6.13. The minimum atomic E-state index is -3.52. The smallest absolute Gasteiger partial charge is 0.244 e. The molecular formula is C12H19N5O2S. The molecule has 0 aromatic carbocycles. The number of hydrogen-bond acceptors (Lipinski definition) is 4. The molecule has 110 valence electrons. The maximum absolute atomic E-state index is 12.5. The molecule has 2 N–H and O–H groups in total. The van der Waals surface area contributed by atoms with Crippen molar-refractivity contribution in [2.24, 2.45) is 19.8 Å². The SMILES string of the molecule is CN(Cc1cnn(C)c1)S(=O)(=O)c1cc(CN)n(C)c1. The normalized spacial score (nSPS) is 12.2. The summed E-state index contributed by atoms with van der Waals surface area (Å²) in [6, 6.07) is 1.61. The molecule has 0 aliphatic heterocycles. The topological polar surface area (TPSA) is 86.2 Å². The summed E-state index contributed by atoms with van der Waals surface area (Å²) < 4.78 is 29.6. The molecule has 0 saturated heterocycles. The summed E-state index contributed by atoms with van der Waals surface area (Å²) in [5.74, 6) is 0. The van der Waals surface area contributed by atoms with Gasteiger partial charge in [0.25, 0.3) is 0 Å². The van der Waals surface area contributed by atoms with Crippen molar-refractivity contribution in [2.45, 2.75) is 18.0 Å². The van der Waals surface area contributed by atoms with Crippen LogP contribution < -0.4 is 5.73 Å². The van der Waals surface area contributed by atoms with E-state index in [1.165, 1.54) is 4.31 Å². The molecule has 8 heteroatoms. The zero-order valence-corrected chi connectivity index (χ0v) is 12.6. The van der Waals surface area contributed by atoms with Crippen LogP contribution in [0.5, 0.6) is 0 Å². The average molecular weight is 297 g/mol. The molecule has 0 saturated carbocycles. The molecule has 0 amide bonds. The zero-order chi connectivity index (χ0) is 14.9. The summed E-state index contributed by atoms with van der Waals surface area (Å²) in [5.41, 5.74) is 7.19. The molecule has 2 heterocycles. The molecule has 0 spiro atoms. The van der Waals surface area contributed by atoms with Crippen LogP contribution in [0.4, 0.5) is 0 Å². The molecule has 0 bridgehead atoms. The van der Waals surface area contributed by atoms with Gasteiger partial charge in [0.05, 0.1) is 6.20 Å². The second-order valence-corrected chi connectivity index (χ2v) is 6.81. The third kappa shape index (κ3) is 2.77. The number of rotatable bonds is 5. The van der Waals surface area contributed by atoms with Gasteiger partial charge in [-0.2, -0.15) is 9.40 Å². The van der Waals surface area contributed by atoms with Crippen molar-refractivity contribution >= 4 is 10.0 Å². The van der Waals surface area contributed by atoms with Gasteiger partial charge in [-0.15, -0.1) is 0 Å². The number of aromatic nitrogens is 3. The highest BCUT2D eigenvalue weighted by Crippen LogP contribution is 2.18. The van der Waals surface area contributed by atoms with E-state index in [-0.39, 0.29) is 11.4 Å². The van der Waals surface area contributed by atoms with Gasteiger partial charge in [-0.05, 0) is 6.07 Å². The van der Waals surface area contributed by atoms with E-state index in [1.807, 2.05) is 0 Å². The summed E-state index contributed by atoms with van der Waals surface area (Å²) >= 11 is 0. The number of hydrogen-bond donors (Lipinski definition) is 1. The maximum Gasteiger partial charge on any atom is 0.244 e. The van der Waals surface area contributed by atoms with Crippen molar-refractivity contribution in [3.05, 3.63) is 35.9 Å². The molecular weight excluding hydrogens is 278 g/mol. The Kier molecular flexibility index (Phi) is 3.98. The number of nitrogens with zero attached hydrogens (tertiary/aromatic N) is 4. The lowest BCUT2D eigenvalue weighted by Gasteiger charge is -2.15. The quantitative estimate of drug-likeness (QED) is 0.844. The highest BCUT2D eigenvalue weighted by atomic mass is 32.2. The first kappa shape index (κ1) is 14.8. The van der Waals surface area contributed by atoms with Gasteiger partial charge in [0, 0.05) is 57.9 Å². The lowest BCUT2D eigenvalue weighted by Crippen LogP contribution is -2.26. The van der Waals surface area contributed by atoms with Gasteiger partial charge in [0.15, 0.2) is 0 Å². The molecule has 0 radical (unpaired) electrons. The highest BCUT2D eigenvalue weighted by molar-refractivity contribution is 7.89. The van der Waals surface area contributed by atoms with Gasteiger partial charge in [-0.25, -0.2) is 8.42 Å². The molecule has 0 aliphatic carbocycles. The Balaban J connectivity index is 2.24. The molecule has 0 atom stereocenters. The van der Waals surface area contributed by atoms with Crippen LogP contribution in [0.3, 0.4) is 0 Å². The molecule has 0 aliphatic rings. The van der Waals surface area contributed by atoms with Crippen LogP contribution in [0.2, 0.25) is 0 Å². The summed E-state index contributed by atoms with van der Waals surface area (Å²) in [5, 5.41) is 4.03. The van der Waals surface area contributed by atoms with Crippen LogP contribution in [0, 0.1) is 0 Å². The fourth-order valence-electron chi connectivity index (χ4n) is 2.00. The lowest BCUT2D eigenvalue weighted by atomic mass is 10.4. The van der Waals surface area contributed by atoms with Gasteiger partial charge in [0.1, 0.15) is 4.90 Å². The molecule has 0 unspecified atom stereocenters. The molecule has 2 rings (SSSR count). The Morgan fingerprint density at radius 3 is 2.55 bits per heavy atom. The molecule has 0 fully saturated rings. The number of sulfonamides is 1. The van der Waals surface area contributed by atoms with Gasteiger partial charge in [-0.1, -0.05) is 0 Å². The average Bonchev–Trinajstić information content (AvgIpc) is 2.95. The molecule has 20 heavy (non-hydrogen) atoms. The lowest BCUT2D eigenvalue weighted by molar-refractivity contribution is 0.466. The van der Waals surface area contributed by atoms with Gasteiger partial charge < -0.3 is 10.3 Å². The van der Waals surface area contributed by atoms with E-state index in [9.17, 15) is 8.42 Å². The van der Waals surface area contributed by atoms with E-state index >= 15 is 0 Å². The predicted octanol–water partition coefficient (Wildman–Crippen LogP) is 0.0380. The summed E-state index contributed by atoms with van der Waals surface area (Å²) in [6.45, 7) is 0.585. The Bertz CT molecular complexity index is 701. The number of aryl methyl sites for hydroxylation is 2. The fraction of sp³-hybridized carbons (Fsp3) is 0.417. The van der Waals surface area contributed by atoms with Crippen molar-refractivity contribution in [1.82, 2.24) is 18.7 Å². The van der Waals surface area contributed by atoms with Crippen LogP contribution in [0.15, 0.2) is 29.6 Å². The van der Waals surface area contributed by atoms with E-state index in [1.54, 1.807) is 55.0 Å². The van der Waals surface area contributed by atoms with Crippen LogP contribution in [-0.2, 0) is 37.2 Å². The van der Waals surface area contributed by atoms with E-state index in [2.05, 4.69) is 5.10 Å². The minimum absolute atomic E-state index is 0.256. The Hall–Kier alpha value is -1.64. The summed E-state index contributed by atoms with van der Waals surface area (Å²) in [6.07, 6.45) is 5.03. The summed E-state index contributed by atoms with van der Waals surface area (Å²) in [7, 11) is 1.61. The van der Waals surface area contributed by atoms with Crippen molar-refractivity contribution < 1.29 is 8.42 Å². The molecule has 2 aromatic rings. The van der Waals surface area contributed by atoms with E-state index in [0.717, 1.165) is 11.3 Å². The van der Waals surface area contributed by atoms with E-state index in [4.69, 9.17) is 5.73 Å². The van der Waals surface area contributed by atoms with Crippen LogP contribution in [0.1, 0.15) is 11.3 Å². The van der Waals surface area contributed by atoms with Crippen molar-refractivity contribution in [2.75, 3.05) is 7.05 Å². The van der Waals surface area contributed by atoms with Gasteiger partial charge in [0.2, 0.25) is 10.0 Å². The Labute approximate surface area is 118 Å². The van der Waals surface area contributed by atoms with Crippen molar-refractivity contribution in [3.63, 3.8) is 0 Å². The van der Waals surface area contributed by atoms with Crippen molar-refractivity contribution in [3.8, 4) is 0 Å². The first-order valence-corrected chi connectivity index (χ1v) is 7.57. The van der Waals surface area contributed by atoms with Crippen LogP contribution in [0.25, 0.3) is 0 Å². The van der Waals surface area contributed by atoms with E-state index in [0.29, 0.717) is 6.54 Å². The van der Waals surface area contributed by atoms with Gasteiger partial charge >= 0.3 is 0 Å². The van der Waals surface area contributed by atoms with Crippen LogP contribution >= 0.6 is 0 Å². The van der Waals surface area contributed by atoms with Crippen LogP contribution in [-0.4, -0.2) is 34.1 Å². The zero-order valence-electron chi connectivity index (χ0n) is 11.8. The second kappa shape index (κ2) is 5.39. The minimum Gasteiger partial charge on any atom is -0.352 e. The Morgan fingerprint density at radius 1 is 1.35 bits per heavy atom. The fourth-order valence-corrected chi connectivity index (χ4v) is 3.25. The summed E-state index contributed by atoms with van der Waals surface area (Å²) in [4.78, 5) is 0.256.